The van der Waals surface area contributed by atoms with Gasteiger partial charge in [0, 0.05) is 12.1 Å². The van der Waals surface area contributed by atoms with Crippen LogP contribution in [0.2, 0.25) is 0 Å². The van der Waals surface area contributed by atoms with Crippen molar-refractivity contribution in [2.45, 2.75) is 19.2 Å². The molecule has 0 saturated heterocycles. The summed E-state index contributed by atoms with van der Waals surface area (Å²) >= 11 is 0. The molecule has 1 N–H and O–H groups in total. The highest BCUT2D eigenvalue weighted by molar-refractivity contribution is 6.01. The molecule has 3 rings (SSSR count). The van der Waals surface area contributed by atoms with Gasteiger partial charge in [0.15, 0.2) is 0 Å². The van der Waals surface area contributed by atoms with Gasteiger partial charge in [-0.25, -0.2) is 0 Å². The molecule has 0 heterocycles. The number of rotatable bonds is 8. The first kappa shape index (κ1) is 23.6. The SMILES string of the molecule is N#CC(=Cc1ccccc1OCc1cccc(C(F)(F)F)c1)C(=O)NCCc1ccccc1. The maximum atomic E-state index is 12.9. The van der Waals surface area contributed by atoms with Crippen molar-refractivity contribution < 1.29 is 22.7 Å². The van der Waals surface area contributed by atoms with E-state index in [-0.39, 0.29) is 12.2 Å². The number of amides is 1. The lowest BCUT2D eigenvalue weighted by Crippen LogP contribution is -2.26. The van der Waals surface area contributed by atoms with Gasteiger partial charge in [-0.3, -0.25) is 4.79 Å². The predicted octanol–water partition coefficient (Wildman–Crippen LogP) is 5.55. The van der Waals surface area contributed by atoms with Gasteiger partial charge in [0.25, 0.3) is 5.91 Å². The van der Waals surface area contributed by atoms with Crippen LogP contribution in [0.15, 0.2) is 84.4 Å². The molecule has 0 unspecified atom stereocenters. The number of hydrogen-bond acceptors (Lipinski definition) is 3. The molecule has 3 aromatic rings. The zero-order valence-corrected chi connectivity index (χ0v) is 17.6. The third kappa shape index (κ3) is 6.97. The summed E-state index contributed by atoms with van der Waals surface area (Å²) < 4.78 is 44.5. The van der Waals surface area contributed by atoms with Crippen LogP contribution in [0.25, 0.3) is 6.08 Å². The average Bonchev–Trinajstić information content (AvgIpc) is 2.82. The van der Waals surface area contributed by atoms with Crippen molar-refractivity contribution in [3.63, 3.8) is 0 Å². The highest BCUT2D eigenvalue weighted by Gasteiger charge is 2.30. The van der Waals surface area contributed by atoms with Gasteiger partial charge in [-0.05, 0) is 41.8 Å². The number of para-hydroxylation sites is 1. The Kier molecular flexibility index (Phi) is 7.87. The van der Waals surface area contributed by atoms with Gasteiger partial charge in [-0.1, -0.05) is 60.7 Å². The minimum Gasteiger partial charge on any atom is -0.488 e. The molecule has 0 aliphatic carbocycles. The van der Waals surface area contributed by atoms with Gasteiger partial charge in [-0.15, -0.1) is 0 Å². The molecule has 0 spiro atoms. The van der Waals surface area contributed by atoms with Crippen LogP contribution in [-0.2, 0) is 24.0 Å². The summed E-state index contributed by atoms with van der Waals surface area (Å²) in [7, 11) is 0. The largest absolute Gasteiger partial charge is 0.488 e. The smallest absolute Gasteiger partial charge is 0.416 e. The number of carbonyl (C=O) groups excluding carboxylic acids is 1. The van der Waals surface area contributed by atoms with E-state index < -0.39 is 17.6 Å². The van der Waals surface area contributed by atoms with Crippen molar-refractivity contribution in [3.8, 4) is 11.8 Å². The van der Waals surface area contributed by atoms with Gasteiger partial charge in [-0.2, -0.15) is 18.4 Å². The first-order valence-corrected chi connectivity index (χ1v) is 10.2. The molecule has 1 amide bonds. The second-order valence-electron chi connectivity index (χ2n) is 7.19. The van der Waals surface area contributed by atoms with Gasteiger partial charge in [0.1, 0.15) is 24.0 Å². The van der Waals surface area contributed by atoms with Gasteiger partial charge < -0.3 is 10.1 Å². The number of nitriles is 1. The van der Waals surface area contributed by atoms with Gasteiger partial charge in [0.2, 0.25) is 0 Å². The van der Waals surface area contributed by atoms with Crippen molar-refractivity contribution in [2.24, 2.45) is 0 Å². The van der Waals surface area contributed by atoms with Crippen LogP contribution < -0.4 is 10.1 Å². The lowest BCUT2D eigenvalue weighted by atomic mass is 10.1. The fraction of sp³-hybridized carbons (Fsp3) is 0.154. The van der Waals surface area contributed by atoms with Crippen LogP contribution in [0, 0.1) is 11.3 Å². The Morgan fingerprint density at radius 3 is 2.39 bits per heavy atom. The Labute approximate surface area is 189 Å². The van der Waals surface area contributed by atoms with Crippen LogP contribution >= 0.6 is 0 Å². The molecule has 0 aliphatic heterocycles. The third-order valence-corrected chi connectivity index (χ3v) is 4.77. The van der Waals surface area contributed by atoms with Crippen LogP contribution in [-0.4, -0.2) is 12.5 Å². The summed E-state index contributed by atoms with van der Waals surface area (Å²) in [5.41, 5.74) is 1.03. The van der Waals surface area contributed by atoms with Gasteiger partial charge in [0.05, 0.1) is 5.56 Å². The van der Waals surface area contributed by atoms with Crippen LogP contribution in [0.4, 0.5) is 13.2 Å². The van der Waals surface area contributed by atoms with E-state index in [2.05, 4.69) is 5.32 Å². The van der Waals surface area contributed by atoms with E-state index in [0.29, 0.717) is 29.8 Å². The Balaban J connectivity index is 1.68. The van der Waals surface area contributed by atoms with E-state index in [4.69, 9.17) is 4.74 Å². The van der Waals surface area contributed by atoms with E-state index in [9.17, 15) is 23.2 Å². The van der Waals surface area contributed by atoms with Crippen LogP contribution in [0.5, 0.6) is 5.75 Å². The minimum atomic E-state index is -4.44. The molecule has 0 atom stereocenters. The summed E-state index contributed by atoms with van der Waals surface area (Å²) in [6.07, 6.45) is -2.41. The molecular weight excluding hydrogens is 429 g/mol. The maximum absolute atomic E-state index is 12.9. The lowest BCUT2D eigenvalue weighted by molar-refractivity contribution is -0.137. The summed E-state index contributed by atoms with van der Waals surface area (Å²) in [4.78, 5) is 12.4. The highest BCUT2D eigenvalue weighted by Crippen LogP contribution is 2.30. The van der Waals surface area contributed by atoms with Crippen molar-refractivity contribution in [1.29, 1.82) is 5.26 Å². The van der Waals surface area contributed by atoms with Crippen molar-refractivity contribution in [3.05, 3.63) is 107 Å². The van der Waals surface area contributed by atoms with E-state index in [1.54, 1.807) is 24.3 Å². The molecule has 3 aromatic carbocycles. The number of halogens is 3. The number of nitrogens with zero attached hydrogens (tertiary/aromatic N) is 1. The summed E-state index contributed by atoms with van der Waals surface area (Å²) in [5.74, 6) is -0.166. The summed E-state index contributed by atoms with van der Waals surface area (Å²) in [6, 6.07) is 23.1. The van der Waals surface area contributed by atoms with Gasteiger partial charge >= 0.3 is 6.18 Å². The molecule has 0 fully saturated rings. The quantitative estimate of drug-likeness (QED) is 0.362. The van der Waals surface area contributed by atoms with E-state index in [1.165, 1.54) is 18.2 Å². The van der Waals surface area contributed by atoms with E-state index >= 15 is 0 Å². The number of hydrogen-bond donors (Lipinski definition) is 1. The number of ether oxygens (including phenoxy) is 1. The molecule has 0 bridgehead atoms. The molecule has 0 aromatic heterocycles. The highest BCUT2D eigenvalue weighted by atomic mass is 19.4. The molecule has 0 aliphatic rings. The van der Waals surface area contributed by atoms with Crippen molar-refractivity contribution in [2.75, 3.05) is 6.54 Å². The first-order chi connectivity index (χ1) is 15.9. The number of alkyl halides is 3. The van der Waals surface area contributed by atoms with Crippen LogP contribution in [0.1, 0.15) is 22.3 Å². The van der Waals surface area contributed by atoms with E-state index in [1.807, 2.05) is 36.4 Å². The van der Waals surface area contributed by atoms with Crippen molar-refractivity contribution >= 4 is 12.0 Å². The summed E-state index contributed by atoms with van der Waals surface area (Å²) in [6.45, 7) is 0.273. The fourth-order valence-corrected chi connectivity index (χ4v) is 3.09. The second-order valence-corrected chi connectivity index (χ2v) is 7.19. The zero-order chi connectivity index (χ0) is 23.7. The molecule has 4 nitrogen and oxygen atoms in total. The average molecular weight is 450 g/mol. The molecule has 7 heteroatoms. The molecule has 0 radical (unpaired) electrons. The second kappa shape index (κ2) is 11.0. The Bertz CT molecular complexity index is 1170. The first-order valence-electron chi connectivity index (χ1n) is 10.2. The molecule has 0 saturated carbocycles. The maximum Gasteiger partial charge on any atom is 0.416 e. The lowest BCUT2D eigenvalue weighted by Gasteiger charge is -2.12. The Morgan fingerprint density at radius 2 is 1.67 bits per heavy atom. The molecule has 33 heavy (non-hydrogen) atoms. The Morgan fingerprint density at radius 1 is 0.970 bits per heavy atom. The monoisotopic (exact) mass is 450 g/mol. The number of benzene rings is 3. The van der Waals surface area contributed by atoms with Crippen LogP contribution in [0.3, 0.4) is 0 Å². The third-order valence-electron chi connectivity index (χ3n) is 4.77. The zero-order valence-electron chi connectivity index (χ0n) is 17.6. The summed E-state index contributed by atoms with van der Waals surface area (Å²) in [5, 5.41) is 12.2. The van der Waals surface area contributed by atoms with E-state index in [0.717, 1.165) is 17.7 Å². The number of carbonyl (C=O) groups is 1. The minimum absolute atomic E-state index is 0.0973. The standard InChI is InChI=1S/C26H21F3N2O2/c27-26(28,29)23-11-6-9-20(15-23)18-33-24-12-5-4-10-21(24)16-22(17-30)25(32)31-14-13-19-7-2-1-3-8-19/h1-12,15-16H,13-14,18H2,(H,31,32). The number of nitrogens with one attached hydrogen (secondary N) is 1. The topological polar surface area (TPSA) is 62.1 Å². The van der Waals surface area contributed by atoms with Crippen molar-refractivity contribution in [1.82, 2.24) is 5.32 Å². The molecule has 168 valence electrons. The molecular formula is C26H21F3N2O2. The normalized spacial score (nSPS) is 11.5. The Hall–Kier alpha value is -4.05. The fourth-order valence-electron chi connectivity index (χ4n) is 3.09. The predicted molar refractivity (Wildman–Crippen MR) is 119 cm³/mol.